The van der Waals surface area contributed by atoms with Crippen LogP contribution in [0.4, 0.5) is 0 Å². The van der Waals surface area contributed by atoms with Crippen LogP contribution in [0.1, 0.15) is 91.4 Å². The van der Waals surface area contributed by atoms with Gasteiger partial charge in [0, 0.05) is 5.41 Å². The molecule has 2 N–H and O–H groups in total. The van der Waals surface area contributed by atoms with Gasteiger partial charge >= 0.3 is 0 Å². The Kier molecular flexibility index (Phi) is 13.0. The van der Waals surface area contributed by atoms with Crippen LogP contribution in [0.5, 0.6) is 0 Å². The van der Waals surface area contributed by atoms with E-state index in [4.69, 9.17) is 5.73 Å². The highest BCUT2D eigenvalue weighted by Crippen LogP contribution is 2.23. The lowest BCUT2D eigenvalue weighted by molar-refractivity contribution is -0.126. The van der Waals surface area contributed by atoms with Gasteiger partial charge in [0.05, 0.1) is 0 Å². The minimum atomic E-state index is -0.344. The molecule has 0 radical (unpaired) electrons. The molecule has 22 heavy (non-hydrogen) atoms. The van der Waals surface area contributed by atoms with Crippen molar-refractivity contribution in [3.63, 3.8) is 0 Å². The number of hydrogen-bond donors (Lipinski definition) is 1. The fourth-order valence-electron chi connectivity index (χ4n) is 2.32. The van der Waals surface area contributed by atoms with Gasteiger partial charge in [0.2, 0.25) is 5.91 Å². The summed E-state index contributed by atoms with van der Waals surface area (Å²) in [6, 6.07) is 0. The Morgan fingerprint density at radius 2 is 1.41 bits per heavy atom. The minimum Gasteiger partial charge on any atom is -0.369 e. The van der Waals surface area contributed by atoms with E-state index in [1.807, 2.05) is 13.8 Å². The Morgan fingerprint density at radius 3 is 1.95 bits per heavy atom. The van der Waals surface area contributed by atoms with E-state index in [1.165, 1.54) is 51.4 Å². The molecule has 0 bridgehead atoms. The second-order valence-corrected chi connectivity index (χ2v) is 6.88. The summed E-state index contributed by atoms with van der Waals surface area (Å²) in [5, 5.41) is 0. The molecule has 128 valence electrons. The number of allylic oxidation sites excluding steroid dienone is 4. The van der Waals surface area contributed by atoms with E-state index in [0.29, 0.717) is 0 Å². The summed E-state index contributed by atoms with van der Waals surface area (Å²) < 4.78 is 0. The summed E-state index contributed by atoms with van der Waals surface area (Å²) in [5.74, 6) is -0.182. The largest absolute Gasteiger partial charge is 0.369 e. The summed E-state index contributed by atoms with van der Waals surface area (Å²) in [6.45, 7) is 6.12. The van der Waals surface area contributed by atoms with Crippen LogP contribution in [0.2, 0.25) is 0 Å². The average molecular weight is 308 g/mol. The van der Waals surface area contributed by atoms with Crippen molar-refractivity contribution < 1.29 is 4.79 Å². The summed E-state index contributed by atoms with van der Waals surface area (Å²) >= 11 is 0. The molecule has 0 aromatic carbocycles. The molecule has 0 saturated heterocycles. The van der Waals surface area contributed by atoms with Crippen LogP contribution in [-0.2, 0) is 4.79 Å². The number of carbonyl (C=O) groups excluding carboxylic acids is 1. The second-order valence-electron chi connectivity index (χ2n) is 6.88. The average Bonchev–Trinajstić information content (AvgIpc) is 2.47. The maximum atomic E-state index is 11.2. The van der Waals surface area contributed by atoms with Gasteiger partial charge in [0.25, 0.3) is 0 Å². The topological polar surface area (TPSA) is 43.1 Å². The fourth-order valence-corrected chi connectivity index (χ4v) is 2.32. The Bertz CT molecular complexity index is 329. The number of primary amides is 1. The summed E-state index contributed by atoms with van der Waals surface area (Å²) in [6.07, 6.45) is 22.3. The van der Waals surface area contributed by atoms with E-state index in [1.54, 1.807) is 0 Å². The number of unbranched alkanes of at least 4 members (excludes halogenated alkanes) is 7. The van der Waals surface area contributed by atoms with Gasteiger partial charge in [-0.1, -0.05) is 77.2 Å². The SMILES string of the molecule is CCCCC/C=C\C/C=C\CCCCCCC(C)(C)C(N)=O. The smallest absolute Gasteiger partial charge is 0.223 e. The predicted molar refractivity (Wildman–Crippen MR) is 97.7 cm³/mol. The van der Waals surface area contributed by atoms with Crippen molar-refractivity contribution in [1.82, 2.24) is 0 Å². The van der Waals surface area contributed by atoms with Crippen molar-refractivity contribution in [1.29, 1.82) is 0 Å². The van der Waals surface area contributed by atoms with Crippen LogP contribution >= 0.6 is 0 Å². The molecule has 0 unspecified atom stereocenters. The van der Waals surface area contributed by atoms with Gasteiger partial charge in [-0.2, -0.15) is 0 Å². The summed E-state index contributed by atoms with van der Waals surface area (Å²) in [7, 11) is 0. The first-order valence-corrected chi connectivity index (χ1v) is 9.10. The number of carbonyl (C=O) groups is 1. The lowest BCUT2D eigenvalue weighted by atomic mass is 9.86. The standard InChI is InChI=1S/C20H37NO/c1-4-5-6-7-8-9-10-11-12-13-14-15-16-17-18-20(2,3)19(21)22/h8-9,11-12H,4-7,10,13-18H2,1-3H3,(H2,21,22)/b9-8-,12-11-. The highest BCUT2D eigenvalue weighted by atomic mass is 16.1. The van der Waals surface area contributed by atoms with Crippen molar-refractivity contribution in [3.8, 4) is 0 Å². The predicted octanol–water partition coefficient (Wildman–Crippen LogP) is 5.92. The number of nitrogens with two attached hydrogens (primary N) is 1. The lowest BCUT2D eigenvalue weighted by Gasteiger charge is -2.19. The fraction of sp³-hybridized carbons (Fsp3) is 0.750. The normalized spacial score (nSPS) is 12.5. The molecule has 0 rings (SSSR count). The van der Waals surface area contributed by atoms with Gasteiger partial charge in [-0.3, -0.25) is 4.79 Å². The molecule has 0 spiro atoms. The zero-order valence-corrected chi connectivity index (χ0v) is 15.1. The van der Waals surface area contributed by atoms with Crippen LogP contribution in [-0.4, -0.2) is 5.91 Å². The molecule has 0 aliphatic rings. The second kappa shape index (κ2) is 13.6. The third-order valence-electron chi connectivity index (χ3n) is 4.17. The molecular weight excluding hydrogens is 270 g/mol. The van der Waals surface area contributed by atoms with Crippen molar-refractivity contribution in [2.75, 3.05) is 0 Å². The Balaban J connectivity index is 3.39. The molecule has 0 atom stereocenters. The Morgan fingerprint density at radius 1 is 0.864 bits per heavy atom. The number of amides is 1. The molecule has 0 fully saturated rings. The van der Waals surface area contributed by atoms with E-state index >= 15 is 0 Å². The van der Waals surface area contributed by atoms with Crippen LogP contribution in [0.25, 0.3) is 0 Å². The zero-order valence-electron chi connectivity index (χ0n) is 15.1. The lowest BCUT2D eigenvalue weighted by Crippen LogP contribution is -2.31. The van der Waals surface area contributed by atoms with Gasteiger partial charge in [-0.25, -0.2) is 0 Å². The molecule has 0 aromatic heterocycles. The first-order valence-electron chi connectivity index (χ1n) is 9.10. The quantitative estimate of drug-likeness (QED) is 0.314. The molecule has 0 aliphatic heterocycles. The van der Waals surface area contributed by atoms with E-state index in [2.05, 4.69) is 31.2 Å². The third kappa shape index (κ3) is 12.7. The van der Waals surface area contributed by atoms with Gasteiger partial charge in [-0.05, 0) is 38.5 Å². The van der Waals surface area contributed by atoms with E-state index in [-0.39, 0.29) is 11.3 Å². The Labute approximate surface area is 138 Å². The first kappa shape index (κ1) is 20.9. The monoisotopic (exact) mass is 307 g/mol. The molecule has 2 heteroatoms. The van der Waals surface area contributed by atoms with Crippen LogP contribution in [0.3, 0.4) is 0 Å². The van der Waals surface area contributed by atoms with E-state index < -0.39 is 0 Å². The highest BCUT2D eigenvalue weighted by Gasteiger charge is 2.23. The number of hydrogen-bond acceptors (Lipinski definition) is 1. The summed E-state index contributed by atoms with van der Waals surface area (Å²) in [4.78, 5) is 11.2. The van der Waals surface area contributed by atoms with E-state index in [0.717, 1.165) is 19.3 Å². The molecule has 1 amide bonds. The van der Waals surface area contributed by atoms with Crippen LogP contribution in [0.15, 0.2) is 24.3 Å². The van der Waals surface area contributed by atoms with Gasteiger partial charge < -0.3 is 5.73 Å². The minimum absolute atomic E-state index is 0.182. The summed E-state index contributed by atoms with van der Waals surface area (Å²) in [5.41, 5.74) is 5.03. The van der Waals surface area contributed by atoms with Crippen molar-refractivity contribution in [3.05, 3.63) is 24.3 Å². The van der Waals surface area contributed by atoms with Gasteiger partial charge in [-0.15, -0.1) is 0 Å². The highest BCUT2D eigenvalue weighted by molar-refractivity contribution is 5.79. The maximum absolute atomic E-state index is 11.2. The van der Waals surface area contributed by atoms with Crippen LogP contribution < -0.4 is 5.73 Å². The molecule has 0 aromatic rings. The molecular formula is C20H37NO. The van der Waals surface area contributed by atoms with Crippen LogP contribution in [0, 0.1) is 5.41 Å². The zero-order chi connectivity index (χ0) is 16.7. The van der Waals surface area contributed by atoms with Gasteiger partial charge in [0.15, 0.2) is 0 Å². The molecule has 0 aliphatic carbocycles. The molecule has 0 saturated carbocycles. The molecule has 0 heterocycles. The van der Waals surface area contributed by atoms with Crippen molar-refractivity contribution in [2.45, 2.75) is 91.4 Å². The Hall–Kier alpha value is -1.05. The maximum Gasteiger partial charge on any atom is 0.223 e. The van der Waals surface area contributed by atoms with Gasteiger partial charge in [0.1, 0.15) is 0 Å². The third-order valence-corrected chi connectivity index (χ3v) is 4.17. The van der Waals surface area contributed by atoms with Crippen molar-refractivity contribution >= 4 is 5.91 Å². The first-order chi connectivity index (χ1) is 10.5. The van der Waals surface area contributed by atoms with E-state index in [9.17, 15) is 4.79 Å². The number of rotatable bonds is 14. The molecule has 2 nitrogen and oxygen atoms in total. The van der Waals surface area contributed by atoms with Crippen molar-refractivity contribution in [2.24, 2.45) is 11.1 Å².